The number of pyridine rings is 1. The molecule has 0 radical (unpaired) electrons. The highest BCUT2D eigenvalue weighted by Crippen LogP contribution is 2.22. The summed E-state index contributed by atoms with van der Waals surface area (Å²) in [5, 5.41) is 10.0. The summed E-state index contributed by atoms with van der Waals surface area (Å²) in [7, 11) is 5.00. The van der Waals surface area contributed by atoms with Crippen LogP contribution in [0.5, 0.6) is 5.75 Å². The first-order chi connectivity index (χ1) is 15.9. The molecule has 1 aromatic heterocycles. The molecule has 2 heterocycles. The van der Waals surface area contributed by atoms with Crippen molar-refractivity contribution in [1.82, 2.24) is 9.47 Å². The predicted octanol–water partition coefficient (Wildman–Crippen LogP) is 3.00. The van der Waals surface area contributed by atoms with Crippen molar-refractivity contribution in [2.75, 3.05) is 45.8 Å². The molecule has 0 fully saturated rings. The second-order valence-corrected chi connectivity index (χ2v) is 8.06. The van der Waals surface area contributed by atoms with Gasteiger partial charge in [-0.25, -0.2) is 0 Å². The van der Waals surface area contributed by atoms with Crippen molar-refractivity contribution in [3.05, 3.63) is 93.9 Å². The zero-order valence-electron chi connectivity index (χ0n) is 19.4. The number of carbonyl (C=O) groups excluding carboxylic acids is 1. The molecule has 3 aromatic rings. The number of benzene rings is 2. The zero-order valence-corrected chi connectivity index (χ0v) is 19.4. The lowest BCUT2D eigenvalue weighted by molar-refractivity contribution is 0.0634. The molecule has 0 saturated heterocycles. The molecule has 33 heavy (non-hydrogen) atoms. The molecule has 1 amide bonds. The van der Waals surface area contributed by atoms with Gasteiger partial charge in [0.1, 0.15) is 5.69 Å². The van der Waals surface area contributed by atoms with E-state index in [1.165, 1.54) is 11.1 Å². The number of aromatic hydroxyl groups is 1. The van der Waals surface area contributed by atoms with Crippen LogP contribution >= 0.6 is 0 Å². The Morgan fingerprint density at radius 2 is 1.52 bits per heavy atom. The van der Waals surface area contributed by atoms with Crippen LogP contribution in [0.2, 0.25) is 0 Å². The van der Waals surface area contributed by atoms with Gasteiger partial charge in [0, 0.05) is 47.0 Å². The molecular formula is C26H31N3O4. The molecule has 7 heteroatoms. The van der Waals surface area contributed by atoms with Crippen LogP contribution in [-0.4, -0.2) is 61.4 Å². The number of fused-ring (bicyclic) bond motifs is 1. The van der Waals surface area contributed by atoms with Crippen molar-refractivity contribution in [2.24, 2.45) is 0 Å². The van der Waals surface area contributed by atoms with Crippen LogP contribution in [0, 0.1) is 0 Å². The molecule has 0 spiro atoms. The summed E-state index contributed by atoms with van der Waals surface area (Å²) < 4.78 is 6.59. The van der Waals surface area contributed by atoms with Crippen molar-refractivity contribution in [2.45, 2.75) is 13.0 Å². The number of anilines is 1. The van der Waals surface area contributed by atoms with Gasteiger partial charge in [-0.1, -0.05) is 60.7 Å². The first kappa shape index (κ1) is 24.1. The zero-order chi connectivity index (χ0) is 23.8. The van der Waals surface area contributed by atoms with Crippen LogP contribution in [0.4, 0.5) is 5.69 Å². The molecule has 1 aliphatic rings. The van der Waals surface area contributed by atoms with E-state index in [0.717, 1.165) is 6.42 Å². The molecule has 2 aromatic carbocycles. The molecule has 4 rings (SSSR count). The predicted molar refractivity (Wildman–Crippen MR) is 130 cm³/mol. The topological polar surface area (TPSA) is 75.0 Å². The van der Waals surface area contributed by atoms with E-state index in [4.69, 9.17) is 4.74 Å². The highest BCUT2D eigenvalue weighted by atomic mass is 16.5. The van der Waals surface area contributed by atoms with Gasteiger partial charge in [-0.05, 0) is 17.5 Å². The SMILES string of the molecule is COCCN1CCn2cc(N(C)C)c(=O)c(O)c2C1=O.c1ccc(Cc2ccccc2)cc1. The molecule has 0 aliphatic carbocycles. The largest absolute Gasteiger partial charge is 0.502 e. The summed E-state index contributed by atoms with van der Waals surface area (Å²) in [5.74, 6) is -0.823. The molecule has 0 atom stereocenters. The maximum absolute atomic E-state index is 12.3. The maximum Gasteiger partial charge on any atom is 0.274 e. The smallest absolute Gasteiger partial charge is 0.274 e. The van der Waals surface area contributed by atoms with Gasteiger partial charge in [-0.2, -0.15) is 0 Å². The number of rotatable bonds is 6. The van der Waals surface area contributed by atoms with Crippen molar-refractivity contribution < 1.29 is 14.6 Å². The lowest BCUT2D eigenvalue weighted by atomic mass is 10.1. The highest BCUT2D eigenvalue weighted by molar-refractivity contribution is 5.96. The monoisotopic (exact) mass is 449 g/mol. The van der Waals surface area contributed by atoms with Crippen LogP contribution in [-0.2, 0) is 17.7 Å². The van der Waals surface area contributed by atoms with Crippen molar-refractivity contribution in [3.63, 3.8) is 0 Å². The van der Waals surface area contributed by atoms with E-state index in [9.17, 15) is 14.7 Å². The van der Waals surface area contributed by atoms with Crippen molar-refractivity contribution in [3.8, 4) is 5.75 Å². The van der Waals surface area contributed by atoms with Gasteiger partial charge in [0.25, 0.3) is 5.91 Å². The molecule has 1 aliphatic heterocycles. The van der Waals surface area contributed by atoms with Gasteiger partial charge >= 0.3 is 0 Å². The molecule has 7 nitrogen and oxygen atoms in total. The minimum atomic E-state index is -0.525. The van der Waals surface area contributed by atoms with E-state index in [2.05, 4.69) is 60.7 Å². The number of hydrogen-bond donors (Lipinski definition) is 1. The summed E-state index contributed by atoms with van der Waals surface area (Å²) in [6.07, 6.45) is 2.64. The van der Waals surface area contributed by atoms with E-state index in [1.807, 2.05) is 0 Å². The van der Waals surface area contributed by atoms with Gasteiger partial charge in [-0.3, -0.25) is 9.59 Å². The van der Waals surface area contributed by atoms with Crippen molar-refractivity contribution in [1.29, 1.82) is 0 Å². The van der Waals surface area contributed by atoms with Gasteiger partial charge in [0.2, 0.25) is 5.43 Å². The lowest BCUT2D eigenvalue weighted by Gasteiger charge is -2.30. The number of carbonyl (C=O) groups is 1. The number of nitrogens with zero attached hydrogens (tertiary/aromatic N) is 3. The van der Waals surface area contributed by atoms with Gasteiger partial charge < -0.3 is 24.2 Å². The summed E-state index contributed by atoms with van der Waals surface area (Å²) >= 11 is 0. The molecule has 0 saturated carbocycles. The van der Waals surface area contributed by atoms with Crippen LogP contribution in [0.1, 0.15) is 21.6 Å². The molecule has 1 N–H and O–H groups in total. The Morgan fingerprint density at radius 3 is 2.03 bits per heavy atom. The number of aromatic nitrogens is 1. The van der Waals surface area contributed by atoms with Crippen LogP contribution in [0.15, 0.2) is 71.7 Å². The fourth-order valence-electron chi connectivity index (χ4n) is 3.68. The number of hydrogen-bond acceptors (Lipinski definition) is 5. The number of methoxy groups -OCH3 is 1. The average molecular weight is 450 g/mol. The van der Waals surface area contributed by atoms with Crippen LogP contribution in [0.3, 0.4) is 0 Å². The number of amides is 1. The second kappa shape index (κ2) is 11.3. The Hall–Kier alpha value is -3.58. The van der Waals surface area contributed by atoms with E-state index in [0.29, 0.717) is 31.9 Å². The Morgan fingerprint density at radius 1 is 0.939 bits per heavy atom. The Balaban J connectivity index is 0.000000203. The highest BCUT2D eigenvalue weighted by Gasteiger charge is 2.29. The normalized spacial score (nSPS) is 12.6. The quantitative estimate of drug-likeness (QED) is 0.626. The van der Waals surface area contributed by atoms with Gasteiger partial charge in [0.05, 0.1) is 6.61 Å². The lowest BCUT2D eigenvalue weighted by Crippen LogP contribution is -2.43. The standard InChI is InChI=1S/C13H19N3O4.C13H12/c1-14(2)9-8-16-5-4-15(6-7-20-3)13(19)10(16)12(18)11(9)17;1-3-7-12(8-4-1)11-13-9-5-2-6-10-13/h8,18H,4-7H2,1-3H3;1-10H,11H2. The third kappa shape index (κ3) is 6.02. The van der Waals surface area contributed by atoms with E-state index < -0.39 is 11.2 Å². The first-order valence-corrected chi connectivity index (χ1v) is 10.9. The number of ether oxygens (including phenoxy) is 1. The van der Waals surface area contributed by atoms with Crippen LogP contribution < -0.4 is 10.3 Å². The van der Waals surface area contributed by atoms with Gasteiger partial charge in [-0.15, -0.1) is 0 Å². The first-order valence-electron chi connectivity index (χ1n) is 10.9. The van der Waals surface area contributed by atoms with E-state index >= 15 is 0 Å². The summed E-state index contributed by atoms with van der Waals surface area (Å²) in [6.45, 7) is 1.94. The molecule has 0 unspecified atom stereocenters. The van der Waals surface area contributed by atoms with Crippen LogP contribution in [0.25, 0.3) is 0 Å². The van der Waals surface area contributed by atoms with Gasteiger partial charge in [0.15, 0.2) is 11.4 Å². The average Bonchev–Trinajstić information content (AvgIpc) is 2.82. The van der Waals surface area contributed by atoms with E-state index in [-0.39, 0.29) is 11.6 Å². The maximum atomic E-state index is 12.3. The second-order valence-electron chi connectivity index (χ2n) is 8.06. The third-order valence-corrected chi connectivity index (χ3v) is 5.48. The fourth-order valence-corrected chi connectivity index (χ4v) is 3.68. The molecule has 174 valence electrons. The van der Waals surface area contributed by atoms with Crippen molar-refractivity contribution >= 4 is 11.6 Å². The third-order valence-electron chi connectivity index (χ3n) is 5.48. The summed E-state index contributed by atoms with van der Waals surface area (Å²) in [6, 6.07) is 21.1. The minimum absolute atomic E-state index is 0.0583. The summed E-state index contributed by atoms with van der Waals surface area (Å²) in [5.41, 5.74) is 2.64. The Kier molecular flexibility index (Phi) is 8.27. The molecular weight excluding hydrogens is 418 g/mol. The Bertz CT molecular complexity index is 1070. The summed E-state index contributed by atoms with van der Waals surface area (Å²) in [4.78, 5) is 27.6. The van der Waals surface area contributed by atoms with E-state index in [1.54, 1.807) is 41.8 Å². The molecule has 0 bridgehead atoms. The minimum Gasteiger partial charge on any atom is -0.502 e. The fraction of sp³-hybridized carbons (Fsp3) is 0.308. The Labute approximate surface area is 194 Å².